The molecule has 0 radical (unpaired) electrons. The third-order valence-corrected chi connectivity index (χ3v) is 5.54. The van der Waals surface area contributed by atoms with E-state index in [0.717, 1.165) is 12.0 Å². The molecule has 0 saturated carbocycles. The Morgan fingerprint density at radius 2 is 1.88 bits per heavy atom. The summed E-state index contributed by atoms with van der Waals surface area (Å²) < 4.78 is 25.2. The first-order valence-corrected chi connectivity index (χ1v) is 11.0. The average Bonchev–Trinajstić information content (AvgIpc) is 2.82. The van der Waals surface area contributed by atoms with E-state index in [1.807, 2.05) is 25.1 Å². The van der Waals surface area contributed by atoms with Gasteiger partial charge in [-0.15, -0.1) is 0 Å². The maximum Gasteiger partial charge on any atom is 0.266 e. The molecule has 3 aromatic carbocycles. The quantitative estimate of drug-likeness (QED) is 0.287. The predicted octanol–water partition coefficient (Wildman–Crippen LogP) is 6.28. The van der Waals surface area contributed by atoms with Crippen LogP contribution in [0.1, 0.15) is 23.6 Å². The van der Waals surface area contributed by atoms with Gasteiger partial charge in [-0.25, -0.2) is 4.39 Å². The van der Waals surface area contributed by atoms with Gasteiger partial charge in [0, 0.05) is 10.2 Å². The molecule has 33 heavy (non-hydrogen) atoms. The summed E-state index contributed by atoms with van der Waals surface area (Å²) in [5.41, 5.74) is 2.94. The fourth-order valence-electron chi connectivity index (χ4n) is 3.05. The molecule has 1 amide bonds. The lowest BCUT2D eigenvalue weighted by molar-refractivity contribution is -0.112. The van der Waals surface area contributed by atoms with Crippen LogP contribution in [0.15, 0.2) is 70.7 Å². The SMILES string of the molecule is CCc1ccc(NC(=O)/C(C#N)=C/c2cc(OC)c(OCc3cccc(F)c3)cc2Br)cc1. The zero-order valence-electron chi connectivity index (χ0n) is 18.2. The highest BCUT2D eigenvalue weighted by Crippen LogP contribution is 2.35. The number of amides is 1. The number of carbonyl (C=O) groups is 1. The van der Waals surface area contributed by atoms with Crippen molar-refractivity contribution < 1.29 is 18.7 Å². The molecule has 3 rings (SSSR count). The molecule has 0 spiro atoms. The van der Waals surface area contributed by atoms with Crippen molar-refractivity contribution >= 4 is 33.6 Å². The van der Waals surface area contributed by atoms with Crippen molar-refractivity contribution in [1.29, 1.82) is 5.26 Å². The summed E-state index contributed by atoms with van der Waals surface area (Å²) in [7, 11) is 1.49. The molecule has 168 valence electrons. The summed E-state index contributed by atoms with van der Waals surface area (Å²) in [6.45, 7) is 2.20. The Hall–Kier alpha value is -3.63. The van der Waals surface area contributed by atoms with Gasteiger partial charge in [0.05, 0.1) is 7.11 Å². The van der Waals surface area contributed by atoms with Gasteiger partial charge in [-0.3, -0.25) is 4.79 Å². The third kappa shape index (κ3) is 6.43. The summed E-state index contributed by atoms with van der Waals surface area (Å²) in [5.74, 6) is -0.00847. The number of methoxy groups -OCH3 is 1. The van der Waals surface area contributed by atoms with E-state index in [1.54, 1.807) is 36.4 Å². The third-order valence-electron chi connectivity index (χ3n) is 4.85. The monoisotopic (exact) mass is 508 g/mol. The first kappa shape index (κ1) is 24.0. The molecule has 5 nitrogen and oxygen atoms in total. The normalized spacial score (nSPS) is 10.9. The van der Waals surface area contributed by atoms with Crippen molar-refractivity contribution in [2.45, 2.75) is 20.0 Å². The number of aryl methyl sites for hydroxylation is 1. The summed E-state index contributed by atoms with van der Waals surface area (Å²) in [6.07, 6.45) is 2.37. The van der Waals surface area contributed by atoms with Gasteiger partial charge in [-0.05, 0) is 65.6 Å². The van der Waals surface area contributed by atoms with Crippen LogP contribution in [0.25, 0.3) is 6.08 Å². The second-order valence-corrected chi connectivity index (χ2v) is 7.97. The van der Waals surface area contributed by atoms with Crippen molar-refractivity contribution in [3.63, 3.8) is 0 Å². The van der Waals surface area contributed by atoms with E-state index in [-0.39, 0.29) is 18.0 Å². The Morgan fingerprint density at radius 1 is 1.12 bits per heavy atom. The molecule has 0 heterocycles. The molecule has 0 aromatic heterocycles. The maximum atomic E-state index is 13.4. The summed E-state index contributed by atoms with van der Waals surface area (Å²) in [4.78, 5) is 12.6. The smallest absolute Gasteiger partial charge is 0.266 e. The molecule has 0 aliphatic carbocycles. The van der Waals surface area contributed by atoms with Gasteiger partial charge in [-0.1, -0.05) is 47.1 Å². The van der Waals surface area contributed by atoms with E-state index < -0.39 is 5.91 Å². The lowest BCUT2D eigenvalue weighted by Gasteiger charge is -2.13. The van der Waals surface area contributed by atoms with E-state index >= 15 is 0 Å². The number of hydrogen-bond donors (Lipinski definition) is 1. The predicted molar refractivity (Wildman–Crippen MR) is 129 cm³/mol. The number of nitrogens with zero attached hydrogens (tertiary/aromatic N) is 1. The second-order valence-electron chi connectivity index (χ2n) is 7.12. The Balaban J connectivity index is 1.80. The minimum atomic E-state index is -0.515. The molecular weight excluding hydrogens is 487 g/mol. The number of hydrogen-bond acceptors (Lipinski definition) is 4. The van der Waals surface area contributed by atoms with Gasteiger partial charge < -0.3 is 14.8 Å². The number of rotatable bonds is 8. The fourth-order valence-corrected chi connectivity index (χ4v) is 3.48. The molecule has 0 aliphatic rings. The summed E-state index contributed by atoms with van der Waals surface area (Å²) in [6, 6.07) is 18.9. The number of carbonyl (C=O) groups excluding carboxylic acids is 1. The van der Waals surface area contributed by atoms with Crippen LogP contribution in [0, 0.1) is 17.1 Å². The molecule has 0 atom stereocenters. The number of halogens is 2. The first-order valence-electron chi connectivity index (χ1n) is 10.2. The topological polar surface area (TPSA) is 71.4 Å². The highest BCUT2D eigenvalue weighted by atomic mass is 79.9. The van der Waals surface area contributed by atoms with E-state index in [9.17, 15) is 14.4 Å². The van der Waals surface area contributed by atoms with E-state index in [2.05, 4.69) is 21.2 Å². The molecule has 0 bridgehead atoms. The zero-order valence-corrected chi connectivity index (χ0v) is 19.8. The Morgan fingerprint density at radius 3 is 2.52 bits per heavy atom. The van der Waals surface area contributed by atoms with Crippen LogP contribution in [0.5, 0.6) is 11.5 Å². The molecule has 0 saturated heterocycles. The largest absolute Gasteiger partial charge is 0.493 e. The minimum Gasteiger partial charge on any atom is -0.493 e. The van der Waals surface area contributed by atoms with Gasteiger partial charge >= 0.3 is 0 Å². The van der Waals surface area contributed by atoms with Crippen LogP contribution in [-0.4, -0.2) is 13.0 Å². The van der Waals surface area contributed by atoms with Crippen LogP contribution in [0.3, 0.4) is 0 Å². The van der Waals surface area contributed by atoms with Gasteiger partial charge in [0.15, 0.2) is 11.5 Å². The summed E-state index contributed by atoms with van der Waals surface area (Å²) >= 11 is 3.46. The van der Waals surface area contributed by atoms with Crippen LogP contribution in [0.2, 0.25) is 0 Å². The molecule has 7 heteroatoms. The number of benzene rings is 3. The van der Waals surface area contributed by atoms with Crippen molar-refractivity contribution in [2.75, 3.05) is 12.4 Å². The molecular formula is C26H22BrFN2O3. The average molecular weight is 509 g/mol. The van der Waals surface area contributed by atoms with Crippen molar-refractivity contribution in [1.82, 2.24) is 0 Å². The Bertz CT molecular complexity index is 1220. The number of ether oxygens (including phenoxy) is 2. The zero-order chi connectivity index (χ0) is 23.8. The van der Waals surface area contributed by atoms with Crippen LogP contribution >= 0.6 is 15.9 Å². The maximum absolute atomic E-state index is 13.4. The number of anilines is 1. The standard InChI is InChI=1S/C26H22BrFN2O3/c1-3-17-7-9-22(10-8-17)30-26(31)20(15-29)12-19-13-24(32-2)25(14-23(19)27)33-16-18-5-4-6-21(28)11-18/h4-14H,3,16H2,1-2H3,(H,30,31)/b20-12+. The lowest BCUT2D eigenvalue weighted by atomic mass is 10.1. The molecule has 0 unspecified atom stereocenters. The Labute approximate surface area is 200 Å². The molecule has 1 N–H and O–H groups in total. The van der Waals surface area contributed by atoms with Crippen molar-refractivity contribution in [2.24, 2.45) is 0 Å². The van der Waals surface area contributed by atoms with E-state index in [4.69, 9.17) is 9.47 Å². The second kappa shape index (κ2) is 11.3. The van der Waals surface area contributed by atoms with E-state index in [1.165, 1.54) is 25.3 Å². The lowest BCUT2D eigenvalue weighted by Crippen LogP contribution is -2.13. The van der Waals surface area contributed by atoms with Crippen molar-refractivity contribution in [3.8, 4) is 17.6 Å². The van der Waals surface area contributed by atoms with Crippen LogP contribution < -0.4 is 14.8 Å². The van der Waals surface area contributed by atoms with Gasteiger partial charge in [0.25, 0.3) is 5.91 Å². The highest BCUT2D eigenvalue weighted by Gasteiger charge is 2.14. The fraction of sp³-hybridized carbons (Fsp3) is 0.154. The number of nitriles is 1. The first-order chi connectivity index (χ1) is 15.9. The van der Waals surface area contributed by atoms with Crippen LogP contribution in [0.4, 0.5) is 10.1 Å². The molecule has 3 aromatic rings. The van der Waals surface area contributed by atoms with Gasteiger partial charge in [-0.2, -0.15) is 5.26 Å². The molecule has 0 aliphatic heterocycles. The van der Waals surface area contributed by atoms with Crippen molar-refractivity contribution in [3.05, 3.63) is 93.2 Å². The highest BCUT2D eigenvalue weighted by molar-refractivity contribution is 9.10. The van der Waals surface area contributed by atoms with Gasteiger partial charge in [0.1, 0.15) is 24.1 Å². The van der Waals surface area contributed by atoms with Gasteiger partial charge in [0.2, 0.25) is 0 Å². The molecule has 0 fully saturated rings. The minimum absolute atomic E-state index is 0.0641. The number of nitrogens with one attached hydrogen (secondary N) is 1. The Kier molecular flexibility index (Phi) is 8.22. The summed E-state index contributed by atoms with van der Waals surface area (Å²) in [5, 5.41) is 12.3. The van der Waals surface area contributed by atoms with E-state index in [0.29, 0.717) is 32.8 Å². The van der Waals surface area contributed by atoms with Crippen LogP contribution in [-0.2, 0) is 17.8 Å².